The van der Waals surface area contributed by atoms with Gasteiger partial charge in [0.2, 0.25) is 0 Å². The molecule has 2 heterocycles. The maximum absolute atomic E-state index is 12.6. The Balaban J connectivity index is 1.50. The Hall–Kier alpha value is -3.15. The zero-order valence-corrected chi connectivity index (χ0v) is 13.7. The fourth-order valence-corrected chi connectivity index (χ4v) is 3.19. The number of hydrogen-bond acceptors (Lipinski definition) is 5. The average molecular weight is 334 g/mol. The molecule has 0 aliphatic carbocycles. The molecule has 1 aromatic heterocycles. The standard InChI is InChI=1S/C19H18N4O2/c24-15-5-3-4-14(12-15)19(25)23-10-8-22(9-11-23)18-16-6-1-2-7-17(16)20-13-21-18/h1-7,12-13,24H,8-11H2. The lowest BCUT2D eigenvalue weighted by molar-refractivity contribution is 0.0746. The van der Waals surface area contributed by atoms with Crippen LogP contribution in [-0.2, 0) is 0 Å². The van der Waals surface area contributed by atoms with Crippen molar-refractivity contribution in [2.75, 3.05) is 31.1 Å². The number of anilines is 1. The van der Waals surface area contributed by atoms with Gasteiger partial charge in [-0.1, -0.05) is 18.2 Å². The third-order valence-corrected chi connectivity index (χ3v) is 4.48. The summed E-state index contributed by atoms with van der Waals surface area (Å²) < 4.78 is 0. The van der Waals surface area contributed by atoms with E-state index in [1.165, 1.54) is 6.07 Å². The molecule has 6 nitrogen and oxygen atoms in total. The van der Waals surface area contributed by atoms with Crippen LogP contribution in [0.2, 0.25) is 0 Å². The van der Waals surface area contributed by atoms with Crippen molar-refractivity contribution < 1.29 is 9.90 Å². The van der Waals surface area contributed by atoms with Gasteiger partial charge in [0.15, 0.2) is 0 Å². The second-order valence-corrected chi connectivity index (χ2v) is 6.04. The number of carbonyl (C=O) groups is 1. The van der Waals surface area contributed by atoms with E-state index in [-0.39, 0.29) is 11.7 Å². The van der Waals surface area contributed by atoms with Crippen LogP contribution in [0.1, 0.15) is 10.4 Å². The molecule has 0 bridgehead atoms. The first-order chi connectivity index (χ1) is 12.2. The Bertz CT molecular complexity index is 915. The van der Waals surface area contributed by atoms with E-state index in [1.54, 1.807) is 24.5 Å². The normalized spacial score (nSPS) is 14.7. The largest absolute Gasteiger partial charge is 0.508 e. The Labute approximate surface area is 145 Å². The second-order valence-electron chi connectivity index (χ2n) is 6.04. The molecule has 0 unspecified atom stereocenters. The molecule has 0 spiro atoms. The number of hydrogen-bond donors (Lipinski definition) is 1. The summed E-state index contributed by atoms with van der Waals surface area (Å²) in [4.78, 5) is 25.3. The van der Waals surface area contributed by atoms with E-state index in [9.17, 15) is 9.90 Å². The Morgan fingerprint density at radius 3 is 2.56 bits per heavy atom. The smallest absolute Gasteiger partial charge is 0.254 e. The molecule has 3 aromatic rings. The third kappa shape index (κ3) is 2.98. The Kier molecular flexibility index (Phi) is 3.93. The first-order valence-electron chi connectivity index (χ1n) is 8.25. The molecule has 1 fully saturated rings. The zero-order valence-electron chi connectivity index (χ0n) is 13.7. The van der Waals surface area contributed by atoms with E-state index in [0.717, 1.165) is 16.7 Å². The van der Waals surface area contributed by atoms with E-state index >= 15 is 0 Å². The van der Waals surface area contributed by atoms with Crippen LogP contribution in [0.5, 0.6) is 5.75 Å². The number of phenols is 1. The summed E-state index contributed by atoms with van der Waals surface area (Å²) in [7, 11) is 0. The lowest BCUT2D eigenvalue weighted by atomic mass is 10.1. The molecule has 0 atom stereocenters. The summed E-state index contributed by atoms with van der Waals surface area (Å²) >= 11 is 0. The summed E-state index contributed by atoms with van der Waals surface area (Å²) in [6, 6.07) is 14.4. The van der Waals surface area contributed by atoms with Gasteiger partial charge in [-0.05, 0) is 30.3 Å². The quantitative estimate of drug-likeness (QED) is 0.779. The van der Waals surface area contributed by atoms with Crippen molar-refractivity contribution in [2.45, 2.75) is 0 Å². The van der Waals surface area contributed by atoms with Gasteiger partial charge in [0, 0.05) is 37.1 Å². The number of nitrogens with zero attached hydrogens (tertiary/aromatic N) is 4. The summed E-state index contributed by atoms with van der Waals surface area (Å²) in [5, 5.41) is 10.6. The molecule has 1 saturated heterocycles. The van der Waals surface area contributed by atoms with Crippen molar-refractivity contribution >= 4 is 22.6 Å². The molecule has 6 heteroatoms. The van der Waals surface area contributed by atoms with Crippen LogP contribution in [0.15, 0.2) is 54.9 Å². The van der Waals surface area contributed by atoms with Crippen molar-refractivity contribution in [2.24, 2.45) is 0 Å². The highest BCUT2D eigenvalue weighted by atomic mass is 16.3. The number of piperazine rings is 1. The highest BCUT2D eigenvalue weighted by molar-refractivity contribution is 5.95. The van der Waals surface area contributed by atoms with Crippen LogP contribution >= 0.6 is 0 Å². The predicted molar refractivity (Wildman–Crippen MR) is 95.8 cm³/mol. The number of carbonyl (C=O) groups excluding carboxylic acids is 1. The molecule has 0 saturated carbocycles. The number of phenolic OH excluding ortho intramolecular Hbond substituents is 1. The van der Waals surface area contributed by atoms with Gasteiger partial charge in [-0.2, -0.15) is 0 Å². The summed E-state index contributed by atoms with van der Waals surface area (Å²) in [5.74, 6) is 0.968. The molecular weight excluding hydrogens is 316 g/mol. The lowest BCUT2D eigenvalue weighted by Crippen LogP contribution is -2.49. The van der Waals surface area contributed by atoms with Gasteiger partial charge >= 0.3 is 0 Å². The molecule has 1 amide bonds. The van der Waals surface area contributed by atoms with Gasteiger partial charge in [0.1, 0.15) is 17.9 Å². The number of aromatic nitrogens is 2. The van der Waals surface area contributed by atoms with Crippen molar-refractivity contribution in [1.82, 2.24) is 14.9 Å². The van der Waals surface area contributed by atoms with E-state index in [4.69, 9.17) is 0 Å². The van der Waals surface area contributed by atoms with Crippen LogP contribution in [0, 0.1) is 0 Å². The predicted octanol–water partition coefficient (Wildman–Crippen LogP) is 2.30. The molecule has 4 rings (SSSR count). The van der Waals surface area contributed by atoms with Crippen LogP contribution < -0.4 is 4.90 Å². The summed E-state index contributed by atoms with van der Waals surface area (Å²) in [5.41, 5.74) is 1.44. The first kappa shape index (κ1) is 15.4. The topological polar surface area (TPSA) is 69.6 Å². The molecule has 1 N–H and O–H groups in total. The van der Waals surface area contributed by atoms with Gasteiger partial charge in [-0.3, -0.25) is 4.79 Å². The van der Waals surface area contributed by atoms with Crippen molar-refractivity contribution in [3.63, 3.8) is 0 Å². The number of fused-ring (bicyclic) bond motifs is 1. The summed E-state index contributed by atoms with van der Waals surface area (Å²) in [6.45, 7) is 2.66. The number of amides is 1. The average Bonchev–Trinajstić information content (AvgIpc) is 2.67. The van der Waals surface area contributed by atoms with Crippen LogP contribution in [0.25, 0.3) is 10.9 Å². The minimum atomic E-state index is -0.0527. The van der Waals surface area contributed by atoms with E-state index < -0.39 is 0 Å². The molecule has 2 aromatic carbocycles. The molecule has 1 aliphatic rings. The minimum Gasteiger partial charge on any atom is -0.508 e. The van der Waals surface area contributed by atoms with Crippen molar-refractivity contribution in [3.05, 3.63) is 60.4 Å². The van der Waals surface area contributed by atoms with E-state index in [0.29, 0.717) is 31.7 Å². The number of rotatable bonds is 2. The third-order valence-electron chi connectivity index (χ3n) is 4.48. The highest BCUT2D eigenvalue weighted by Gasteiger charge is 2.24. The fourth-order valence-electron chi connectivity index (χ4n) is 3.19. The van der Waals surface area contributed by atoms with E-state index in [2.05, 4.69) is 14.9 Å². The monoisotopic (exact) mass is 334 g/mol. The maximum Gasteiger partial charge on any atom is 0.254 e. The molecular formula is C19H18N4O2. The van der Waals surface area contributed by atoms with Gasteiger partial charge in [0.05, 0.1) is 5.52 Å². The van der Waals surface area contributed by atoms with Crippen LogP contribution in [0.3, 0.4) is 0 Å². The number of benzene rings is 2. The first-order valence-corrected chi connectivity index (χ1v) is 8.25. The van der Waals surface area contributed by atoms with Crippen molar-refractivity contribution in [1.29, 1.82) is 0 Å². The molecule has 25 heavy (non-hydrogen) atoms. The van der Waals surface area contributed by atoms with Gasteiger partial charge in [-0.15, -0.1) is 0 Å². The molecule has 126 valence electrons. The number of aromatic hydroxyl groups is 1. The van der Waals surface area contributed by atoms with Gasteiger partial charge in [0.25, 0.3) is 5.91 Å². The van der Waals surface area contributed by atoms with Gasteiger partial charge in [-0.25, -0.2) is 9.97 Å². The second kappa shape index (κ2) is 6.39. The Morgan fingerprint density at radius 2 is 1.76 bits per heavy atom. The minimum absolute atomic E-state index is 0.0527. The molecule has 0 radical (unpaired) electrons. The number of para-hydroxylation sites is 1. The van der Waals surface area contributed by atoms with Crippen LogP contribution in [0.4, 0.5) is 5.82 Å². The maximum atomic E-state index is 12.6. The molecule has 1 aliphatic heterocycles. The zero-order chi connectivity index (χ0) is 17.2. The Morgan fingerprint density at radius 1 is 0.960 bits per heavy atom. The van der Waals surface area contributed by atoms with Crippen LogP contribution in [-0.4, -0.2) is 52.1 Å². The van der Waals surface area contributed by atoms with E-state index in [1.807, 2.05) is 29.2 Å². The van der Waals surface area contributed by atoms with Gasteiger partial charge < -0.3 is 14.9 Å². The van der Waals surface area contributed by atoms with Crippen molar-refractivity contribution in [3.8, 4) is 5.75 Å². The summed E-state index contributed by atoms with van der Waals surface area (Å²) in [6.07, 6.45) is 1.59. The lowest BCUT2D eigenvalue weighted by Gasteiger charge is -2.35. The fraction of sp³-hybridized carbons (Fsp3) is 0.211. The highest BCUT2D eigenvalue weighted by Crippen LogP contribution is 2.24. The SMILES string of the molecule is O=C(c1cccc(O)c1)N1CCN(c2ncnc3ccccc23)CC1.